The lowest BCUT2D eigenvalue weighted by Gasteiger charge is -2.15. The highest BCUT2D eigenvalue weighted by Crippen LogP contribution is 2.33. The third-order valence-electron chi connectivity index (χ3n) is 5.00. The second-order valence-corrected chi connectivity index (χ2v) is 7.17. The van der Waals surface area contributed by atoms with Gasteiger partial charge in [0.15, 0.2) is 5.78 Å². The predicted octanol–water partition coefficient (Wildman–Crippen LogP) is 2.40. The minimum atomic E-state index is -0.329. The molecule has 3 aromatic rings. The van der Waals surface area contributed by atoms with Crippen LogP contribution in [0.2, 0.25) is 0 Å². The molecule has 2 aromatic heterocycles. The molecule has 142 valence electrons. The Bertz CT molecular complexity index is 1110. The fourth-order valence-corrected chi connectivity index (χ4v) is 3.71. The number of nitrogens with one attached hydrogen (secondary N) is 1. The number of fused-ring (bicyclic) bond motifs is 4. The molecule has 1 aliphatic rings. The molecule has 6 heteroatoms. The van der Waals surface area contributed by atoms with Crippen LogP contribution in [0.25, 0.3) is 5.52 Å². The summed E-state index contributed by atoms with van der Waals surface area (Å²) in [6.07, 6.45) is 2.51. The molecule has 0 unspecified atom stereocenters. The summed E-state index contributed by atoms with van der Waals surface area (Å²) in [4.78, 5) is 41.4. The summed E-state index contributed by atoms with van der Waals surface area (Å²) < 4.78 is 1.65. The topological polar surface area (TPSA) is 70.9 Å². The summed E-state index contributed by atoms with van der Waals surface area (Å²) in [5, 5.41) is 2.90. The summed E-state index contributed by atoms with van der Waals surface area (Å²) in [5.74, 6) is -0.852. The number of nitrogens with zero attached hydrogens (tertiary/aromatic N) is 2. The van der Waals surface area contributed by atoms with Crippen molar-refractivity contribution >= 4 is 23.0 Å². The molecule has 0 radical (unpaired) electrons. The van der Waals surface area contributed by atoms with Crippen molar-refractivity contribution in [3.8, 4) is 0 Å². The van der Waals surface area contributed by atoms with Crippen LogP contribution in [-0.4, -0.2) is 54.0 Å². The first-order chi connectivity index (χ1) is 13.5. The van der Waals surface area contributed by atoms with E-state index < -0.39 is 0 Å². The van der Waals surface area contributed by atoms with Gasteiger partial charge in [-0.15, -0.1) is 0 Å². The van der Waals surface area contributed by atoms with Crippen molar-refractivity contribution in [1.29, 1.82) is 0 Å². The highest BCUT2D eigenvalue weighted by Gasteiger charge is 2.37. The highest BCUT2D eigenvalue weighted by molar-refractivity contribution is 6.32. The molecule has 0 aliphatic heterocycles. The molecule has 6 nitrogen and oxygen atoms in total. The van der Waals surface area contributed by atoms with E-state index in [1.54, 1.807) is 53.1 Å². The smallest absolute Gasteiger partial charge is 0.254 e. The van der Waals surface area contributed by atoms with Crippen molar-refractivity contribution in [2.24, 2.45) is 0 Å². The van der Waals surface area contributed by atoms with E-state index in [4.69, 9.17) is 0 Å². The summed E-state index contributed by atoms with van der Waals surface area (Å²) >= 11 is 0. The zero-order valence-corrected chi connectivity index (χ0v) is 15.9. The maximum atomic E-state index is 13.2. The van der Waals surface area contributed by atoms with Crippen LogP contribution in [0.5, 0.6) is 0 Å². The Morgan fingerprint density at radius 2 is 1.68 bits per heavy atom. The van der Waals surface area contributed by atoms with Crippen LogP contribution in [0.3, 0.4) is 0 Å². The van der Waals surface area contributed by atoms with Crippen molar-refractivity contribution < 1.29 is 14.4 Å². The lowest BCUT2D eigenvalue weighted by Crippen LogP contribution is -2.29. The van der Waals surface area contributed by atoms with Crippen LogP contribution in [0, 0.1) is 0 Å². The Labute approximate surface area is 162 Å². The summed E-state index contributed by atoms with van der Waals surface area (Å²) in [7, 11) is 3.95. The maximum Gasteiger partial charge on any atom is 0.254 e. The van der Waals surface area contributed by atoms with Crippen molar-refractivity contribution in [2.75, 3.05) is 27.2 Å². The number of aromatic nitrogens is 1. The molecule has 0 spiro atoms. The number of carbonyl (C=O) groups excluding carboxylic acids is 3. The Balaban J connectivity index is 1.82. The quantitative estimate of drug-likeness (QED) is 0.544. The molecular weight excluding hydrogens is 354 g/mol. The Kier molecular flexibility index (Phi) is 4.57. The molecule has 4 rings (SSSR count). The van der Waals surface area contributed by atoms with Crippen LogP contribution in [-0.2, 0) is 0 Å². The lowest BCUT2D eigenvalue weighted by molar-refractivity contribution is 0.0939. The van der Waals surface area contributed by atoms with Gasteiger partial charge in [0, 0.05) is 23.9 Å². The van der Waals surface area contributed by atoms with Crippen molar-refractivity contribution in [3.05, 3.63) is 76.6 Å². The fraction of sp³-hybridized carbons (Fsp3) is 0.227. The van der Waals surface area contributed by atoms with Gasteiger partial charge in [0.25, 0.3) is 5.91 Å². The molecule has 1 aliphatic carbocycles. The van der Waals surface area contributed by atoms with Gasteiger partial charge < -0.3 is 14.6 Å². The molecule has 0 fully saturated rings. The average molecular weight is 375 g/mol. The van der Waals surface area contributed by atoms with E-state index >= 15 is 0 Å². The molecule has 1 N–H and O–H groups in total. The van der Waals surface area contributed by atoms with E-state index in [9.17, 15) is 14.4 Å². The van der Waals surface area contributed by atoms with Gasteiger partial charge in [0.2, 0.25) is 5.78 Å². The zero-order valence-electron chi connectivity index (χ0n) is 15.9. The first-order valence-electron chi connectivity index (χ1n) is 9.25. The van der Waals surface area contributed by atoms with Gasteiger partial charge in [-0.2, -0.15) is 0 Å². The van der Waals surface area contributed by atoms with E-state index in [0.29, 0.717) is 23.2 Å². The summed E-state index contributed by atoms with van der Waals surface area (Å²) in [5.41, 5.74) is 2.01. The van der Waals surface area contributed by atoms with Crippen LogP contribution in [0.1, 0.15) is 48.8 Å². The number of amides is 1. The van der Waals surface area contributed by atoms with Gasteiger partial charge in [0.1, 0.15) is 5.69 Å². The van der Waals surface area contributed by atoms with E-state index in [1.807, 2.05) is 19.0 Å². The average Bonchev–Trinajstić information content (AvgIpc) is 3.05. The van der Waals surface area contributed by atoms with Crippen LogP contribution in [0.15, 0.2) is 48.7 Å². The van der Waals surface area contributed by atoms with E-state index in [1.165, 1.54) is 0 Å². The minimum Gasteiger partial charge on any atom is -0.352 e. The standard InChI is InChI=1S/C22H21N3O3/c1-24(2)12-7-11-23-22(28)17-16-10-5-6-13-25(16)19-18(17)20(26)14-8-3-4-9-15(14)21(19)27/h3-6,8-10,13H,7,11-12H2,1-2H3,(H,23,28). The second-order valence-electron chi connectivity index (χ2n) is 7.17. The number of benzene rings is 1. The Morgan fingerprint density at radius 1 is 1.00 bits per heavy atom. The Morgan fingerprint density at radius 3 is 2.39 bits per heavy atom. The SMILES string of the molecule is CN(C)CCCNC(=O)c1c2c(n3ccccc13)C(=O)c1ccccc1C2=O. The van der Waals surface area contributed by atoms with Crippen molar-refractivity contribution in [2.45, 2.75) is 6.42 Å². The van der Waals surface area contributed by atoms with E-state index in [0.717, 1.165) is 13.0 Å². The normalized spacial score (nSPS) is 13.0. The number of rotatable bonds is 5. The second kappa shape index (κ2) is 7.05. The molecule has 0 atom stereocenters. The number of ketones is 2. The van der Waals surface area contributed by atoms with Crippen LogP contribution in [0.4, 0.5) is 0 Å². The number of hydrogen-bond acceptors (Lipinski definition) is 4. The summed E-state index contributed by atoms with van der Waals surface area (Å²) in [6.45, 7) is 1.34. The van der Waals surface area contributed by atoms with Gasteiger partial charge in [-0.05, 0) is 39.2 Å². The molecule has 28 heavy (non-hydrogen) atoms. The van der Waals surface area contributed by atoms with Gasteiger partial charge in [0.05, 0.1) is 16.6 Å². The molecule has 0 saturated carbocycles. The Hall–Kier alpha value is -3.25. The molecule has 1 aromatic carbocycles. The monoisotopic (exact) mass is 375 g/mol. The molecular formula is C22H21N3O3. The predicted molar refractivity (Wildman–Crippen MR) is 106 cm³/mol. The van der Waals surface area contributed by atoms with Crippen molar-refractivity contribution in [3.63, 3.8) is 0 Å². The third kappa shape index (κ3) is 2.82. The molecule has 0 saturated heterocycles. The molecule has 0 bridgehead atoms. The number of carbonyl (C=O) groups is 3. The highest BCUT2D eigenvalue weighted by atomic mass is 16.2. The summed E-state index contributed by atoms with van der Waals surface area (Å²) in [6, 6.07) is 12.1. The fourth-order valence-electron chi connectivity index (χ4n) is 3.71. The molecule has 2 heterocycles. The van der Waals surface area contributed by atoms with Crippen LogP contribution < -0.4 is 5.32 Å². The maximum absolute atomic E-state index is 13.2. The van der Waals surface area contributed by atoms with Gasteiger partial charge in [-0.3, -0.25) is 14.4 Å². The zero-order chi connectivity index (χ0) is 19.8. The lowest BCUT2D eigenvalue weighted by atomic mass is 9.86. The largest absolute Gasteiger partial charge is 0.352 e. The van der Waals surface area contributed by atoms with E-state index in [2.05, 4.69) is 5.32 Å². The van der Waals surface area contributed by atoms with Gasteiger partial charge >= 0.3 is 0 Å². The van der Waals surface area contributed by atoms with Crippen molar-refractivity contribution in [1.82, 2.24) is 14.6 Å². The number of pyridine rings is 1. The first kappa shape index (κ1) is 18.1. The van der Waals surface area contributed by atoms with Gasteiger partial charge in [-0.25, -0.2) is 0 Å². The van der Waals surface area contributed by atoms with Gasteiger partial charge in [-0.1, -0.05) is 30.3 Å². The first-order valence-corrected chi connectivity index (χ1v) is 9.25. The third-order valence-corrected chi connectivity index (χ3v) is 5.00. The number of hydrogen-bond donors (Lipinski definition) is 1. The van der Waals surface area contributed by atoms with E-state index in [-0.39, 0.29) is 34.3 Å². The van der Waals surface area contributed by atoms with Crippen LogP contribution >= 0.6 is 0 Å². The minimum absolute atomic E-state index is 0.194. The molecule has 1 amide bonds.